The minimum atomic E-state index is 0.0343. The Balaban J connectivity index is 1.86. The van der Waals surface area contributed by atoms with Gasteiger partial charge in [0.1, 0.15) is 11.6 Å². The van der Waals surface area contributed by atoms with Crippen molar-refractivity contribution >= 4 is 17.4 Å². The summed E-state index contributed by atoms with van der Waals surface area (Å²) in [5.41, 5.74) is 1.39. The van der Waals surface area contributed by atoms with E-state index in [1.807, 2.05) is 35.2 Å². The molecule has 0 saturated carbocycles. The zero-order valence-corrected chi connectivity index (χ0v) is 14.2. The van der Waals surface area contributed by atoms with E-state index in [1.165, 1.54) is 6.42 Å². The largest absolute Gasteiger partial charge is 0.495 e. The van der Waals surface area contributed by atoms with Gasteiger partial charge in [-0.1, -0.05) is 19.1 Å². The molecule has 1 atom stereocenters. The lowest BCUT2D eigenvalue weighted by Crippen LogP contribution is -2.39. The SMILES string of the molecule is COc1ccccc1Nc1ncccc1C(=O)N1CCCC(C)C1. The van der Waals surface area contributed by atoms with Crippen LogP contribution in [0.1, 0.15) is 30.1 Å². The van der Waals surface area contributed by atoms with Crippen LogP contribution >= 0.6 is 0 Å². The highest BCUT2D eigenvalue weighted by Gasteiger charge is 2.24. The lowest BCUT2D eigenvalue weighted by Gasteiger charge is -2.31. The van der Waals surface area contributed by atoms with Crippen LogP contribution in [-0.4, -0.2) is 36.0 Å². The summed E-state index contributed by atoms with van der Waals surface area (Å²) in [7, 11) is 1.63. The number of likely N-dealkylation sites (tertiary alicyclic amines) is 1. The van der Waals surface area contributed by atoms with Gasteiger partial charge in [-0.2, -0.15) is 0 Å². The number of benzene rings is 1. The molecular weight excluding hydrogens is 302 g/mol. The highest BCUT2D eigenvalue weighted by Crippen LogP contribution is 2.28. The van der Waals surface area contributed by atoms with Crippen molar-refractivity contribution in [2.45, 2.75) is 19.8 Å². The Morgan fingerprint density at radius 2 is 2.12 bits per heavy atom. The number of carbonyl (C=O) groups excluding carboxylic acids is 1. The van der Waals surface area contributed by atoms with Crippen molar-refractivity contribution in [3.63, 3.8) is 0 Å². The minimum absolute atomic E-state index is 0.0343. The van der Waals surface area contributed by atoms with E-state index < -0.39 is 0 Å². The van der Waals surface area contributed by atoms with E-state index in [2.05, 4.69) is 17.2 Å². The van der Waals surface area contributed by atoms with Crippen LogP contribution in [0.5, 0.6) is 5.75 Å². The van der Waals surface area contributed by atoms with Crippen molar-refractivity contribution in [1.82, 2.24) is 9.88 Å². The van der Waals surface area contributed by atoms with Crippen molar-refractivity contribution in [2.75, 3.05) is 25.5 Å². The molecule has 0 spiro atoms. The first-order valence-corrected chi connectivity index (χ1v) is 8.33. The van der Waals surface area contributed by atoms with Gasteiger partial charge in [-0.25, -0.2) is 4.98 Å². The second kappa shape index (κ2) is 7.34. The second-order valence-electron chi connectivity index (χ2n) is 6.22. The summed E-state index contributed by atoms with van der Waals surface area (Å²) in [5, 5.41) is 3.24. The molecule has 24 heavy (non-hydrogen) atoms. The monoisotopic (exact) mass is 325 g/mol. The number of ether oxygens (including phenoxy) is 1. The molecule has 5 heteroatoms. The molecule has 126 valence electrons. The van der Waals surface area contributed by atoms with Gasteiger partial charge >= 0.3 is 0 Å². The normalized spacial score (nSPS) is 17.4. The molecule has 1 N–H and O–H groups in total. The predicted octanol–water partition coefficient (Wildman–Crippen LogP) is 3.71. The summed E-state index contributed by atoms with van der Waals surface area (Å²) in [6, 6.07) is 11.2. The number of para-hydroxylation sites is 2. The number of nitrogens with zero attached hydrogens (tertiary/aromatic N) is 2. The molecule has 0 aliphatic carbocycles. The molecule has 0 radical (unpaired) electrons. The summed E-state index contributed by atoms with van der Waals surface area (Å²) in [6.45, 7) is 3.81. The lowest BCUT2D eigenvalue weighted by molar-refractivity contribution is 0.0683. The quantitative estimate of drug-likeness (QED) is 0.931. The van der Waals surface area contributed by atoms with E-state index in [0.29, 0.717) is 23.0 Å². The van der Waals surface area contributed by atoms with Crippen LogP contribution in [0.3, 0.4) is 0 Å². The van der Waals surface area contributed by atoms with E-state index in [-0.39, 0.29) is 5.91 Å². The Morgan fingerprint density at radius 3 is 2.92 bits per heavy atom. The molecule has 1 aromatic heterocycles. The number of nitrogens with one attached hydrogen (secondary N) is 1. The molecule has 0 bridgehead atoms. The average Bonchev–Trinajstić information content (AvgIpc) is 2.62. The van der Waals surface area contributed by atoms with Gasteiger partial charge in [0, 0.05) is 19.3 Å². The third-order valence-electron chi connectivity index (χ3n) is 4.34. The number of hydrogen-bond acceptors (Lipinski definition) is 4. The first-order chi connectivity index (χ1) is 11.7. The number of methoxy groups -OCH3 is 1. The number of aromatic nitrogens is 1. The Morgan fingerprint density at radius 1 is 1.29 bits per heavy atom. The smallest absolute Gasteiger partial charge is 0.257 e. The summed E-state index contributed by atoms with van der Waals surface area (Å²) >= 11 is 0. The van der Waals surface area contributed by atoms with E-state index in [9.17, 15) is 4.79 Å². The lowest BCUT2D eigenvalue weighted by atomic mass is 9.99. The van der Waals surface area contributed by atoms with Crippen LogP contribution in [0, 0.1) is 5.92 Å². The van der Waals surface area contributed by atoms with Crippen molar-refractivity contribution < 1.29 is 9.53 Å². The molecule has 1 fully saturated rings. The second-order valence-corrected chi connectivity index (χ2v) is 6.22. The Labute approximate surface area is 142 Å². The van der Waals surface area contributed by atoms with Gasteiger partial charge in [-0.05, 0) is 43.0 Å². The zero-order chi connectivity index (χ0) is 16.9. The van der Waals surface area contributed by atoms with E-state index in [4.69, 9.17) is 4.74 Å². The third-order valence-corrected chi connectivity index (χ3v) is 4.34. The summed E-state index contributed by atoms with van der Waals surface area (Å²) in [6.07, 6.45) is 3.93. The number of hydrogen-bond donors (Lipinski definition) is 1. The zero-order valence-electron chi connectivity index (χ0n) is 14.2. The third kappa shape index (κ3) is 3.50. The van der Waals surface area contributed by atoms with Gasteiger partial charge in [-0.15, -0.1) is 0 Å². The number of amides is 1. The van der Waals surface area contributed by atoms with E-state index in [1.54, 1.807) is 19.4 Å². The molecule has 5 nitrogen and oxygen atoms in total. The molecular formula is C19H23N3O2. The van der Waals surface area contributed by atoms with Crippen LogP contribution in [-0.2, 0) is 0 Å². The van der Waals surface area contributed by atoms with Gasteiger partial charge in [0.05, 0.1) is 18.4 Å². The van der Waals surface area contributed by atoms with E-state index >= 15 is 0 Å². The van der Waals surface area contributed by atoms with Crippen LogP contribution in [0.2, 0.25) is 0 Å². The topological polar surface area (TPSA) is 54.5 Å². The summed E-state index contributed by atoms with van der Waals surface area (Å²) < 4.78 is 5.36. The summed E-state index contributed by atoms with van der Waals surface area (Å²) in [4.78, 5) is 19.2. The maximum Gasteiger partial charge on any atom is 0.257 e. The first-order valence-electron chi connectivity index (χ1n) is 8.33. The van der Waals surface area contributed by atoms with Crippen LogP contribution < -0.4 is 10.1 Å². The molecule has 1 amide bonds. The van der Waals surface area contributed by atoms with Crippen LogP contribution in [0.25, 0.3) is 0 Å². The maximum absolute atomic E-state index is 12.9. The van der Waals surface area contributed by atoms with Gasteiger partial charge in [0.2, 0.25) is 0 Å². The fourth-order valence-electron chi connectivity index (χ4n) is 3.10. The molecule has 1 unspecified atom stereocenters. The molecule has 1 saturated heterocycles. The van der Waals surface area contributed by atoms with Crippen molar-refractivity contribution in [2.24, 2.45) is 5.92 Å². The van der Waals surface area contributed by atoms with Crippen LogP contribution in [0.15, 0.2) is 42.6 Å². The van der Waals surface area contributed by atoms with Crippen LogP contribution in [0.4, 0.5) is 11.5 Å². The predicted molar refractivity (Wildman–Crippen MR) is 94.8 cm³/mol. The van der Waals surface area contributed by atoms with Gasteiger partial charge in [-0.3, -0.25) is 4.79 Å². The molecule has 1 aromatic carbocycles. The molecule has 1 aliphatic rings. The Kier molecular flexibility index (Phi) is 4.99. The van der Waals surface area contributed by atoms with Gasteiger partial charge in [0.25, 0.3) is 5.91 Å². The van der Waals surface area contributed by atoms with E-state index in [0.717, 1.165) is 25.2 Å². The fraction of sp³-hybridized carbons (Fsp3) is 0.368. The fourth-order valence-corrected chi connectivity index (χ4v) is 3.10. The van der Waals surface area contributed by atoms with Crippen molar-refractivity contribution in [1.29, 1.82) is 0 Å². The number of piperidine rings is 1. The Hall–Kier alpha value is -2.56. The van der Waals surface area contributed by atoms with Gasteiger partial charge in [0.15, 0.2) is 0 Å². The number of carbonyl (C=O) groups is 1. The van der Waals surface area contributed by atoms with Gasteiger partial charge < -0.3 is 15.0 Å². The standard InChI is InChI=1S/C19H23N3O2/c1-14-7-6-12-22(13-14)19(23)15-8-5-11-20-18(15)21-16-9-3-4-10-17(16)24-2/h3-5,8-11,14H,6-7,12-13H2,1-2H3,(H,20,21). The molecule has 2 aromatic rings. The van der Waals surface area contributed by atoms with Crippen molar-refractivity contribution in [3.8, 4) is 5.75 Å². The number of pyridine rings is 1. The number of rotatable bonds is 4. The van der Waals surface area contributed by atoms with Crippen molar-refractivity contribution in [3.05, 3.63) is 48.2 Å². The average molecular weight is 325 g/mol. The number of anilines is 2. The summed E-state index contributed by atoms with van der Waals surface area (Å²) in [5.74, 6) is 1.86. The Bertz CT molecular complexity index is 717. The molecule has 1 aliphatic heterocycles. The minimum Gasteiger partial charge on any atom is -0.495 e. The molecule has 2 heterocycles. The molecule has 3 rings (SSSR count). The highest BCUT2D eigenvalue weighted by atomic mass is 16.5. The maximum atomic E-state index is 12.9. The highest BCUT2D eigenvalue weighted by molar-refractivity contribution is 5.99. The first kappa shape index (κ1) is 16.3.